The van der Waals surface area contributed by atoms with Crippen LogP contribution in [0.3, 0.4) is 0 Å². The number of carbonyl (C=O) groups excluding carboxylic acids is 2. The normalized spacial score (nSPS) is 21.3. The van der Waals surface area contributed by atoms with Crippen molar-refractivity contribution in [2.45, 2.75) is 44.8 Å². The van der Waals surface area contributed by atoms with Crippen molar-refractivity contribution in [2.24, 2.45) is 5.92 Å². The fourth-order valence-corrected chi connectivity index (χ4v) is 4.05. The molecule has 7 nitrogen and oxygen atoms in total. The molecule has 0 unspecified atom stereocenters. The second-order valence-corrected chi connectivity index (χ2v) is 8.06. The molecule has 1 amide bonds. The van der Waals surface area contributed by atoms with E-state index in [2.05, 4.69) is 17.2 Å². The number of methoxy groups -OCH3 is 2. The Kier molecular flexibility index (Phi) is 6.74. The molecule has 0 saturated heterocycles. The lowest BCUT2D eigenvalue weighted by Crippen LogP contribution is -2.56. The van der Waals surface area contributed by atoms with Crippen molar-refractivity contribution in [3.05, 3.63) is 40.3 Å². The van der Waals surface area contributed by atoms with E-state index in [9.17, 15) is 9.59 Å². The maximum Gasteiger partial charge on any atom is 0.331 e. The van der Waals surface area contributed by atoms with E-state index < -0.39 is 11.5 Å². The lowest BCUT2D eigenvalue weighted by molar-refractivity contribution is -0.150. The van der Waals surface area contributed by atoms with E-state index in [0.717, 1.165) is 18.5 Å². The molecule has 0 bridgehead atoms. The SMILES string of the molecule is COC(=O)C1(NC(=O)c2ccc(OCc3cscn3)c(OC)c2)CCC(C)CC1. The number of rotatable bonds is 7. The van der Waals surface area contributed by atoms with E-state index in [1.54, 1.807) is 23.7 Å². The molecule has 2 aromatic rings. The van der Waals surface area contributed by atoms with Crippen LogP contribution in [0.2, 0.25) is 0 Å². The third kappa shape index (κ3) is 4.87. The maximum absolute atomic E-state index is 12.9. The van der Waals surface area contributed by atoms with E-state index in [4.69, 9.17) is 14.2 Å². The van der Waals surface area contributed by atoms with Gasteiger partial charge >= 0.3 is 5.97 Å². The van der Waals surface area contributed by atoms with Gasteiger partial charge in [-0.15, -0.1) is 11.3 Å². The topological polar surface area (TPSA) is 86.8 Å². The summed E-state index contributed by atoms with van der Waals surface area (Å²) in [4.78, 5) is 29.6. The highest BCUT2D eigenvalue weighted by atomic mass is 32.1. The monoisotopic (exact) mass is 418 g/mol. The summed E-state index contributed by atoms with van der Waals surface area (Å²) in [5.74, 6) is 0.754. The van der Waals surface area contributed by atoms with E-state index in [-0.39, 0.29) is 5.91 Å². The molecule has 1 fully saturated rings. The lowest BCUT2D eigenvalue weighted by Gasteiger charge is -2.37. The maximum atomic E-state index is 12.9. The van der Waals surface area contributed by atoms with Gasteiger partial charge in [0.1, 0.15) is 12.1 Å². The van der Waals surface area contributed by atoms with Crippen LogP contribution in [0.25, 0.3) is 0 Å². The molecular weight excluding hydrogens is 392 g/mol. The number of benzene rings is 1. The molecule has 1 aliphatic rings. The van der Waals surface area contributed by atoms with Gasteiger partial charge in [-0.05, 0) is 49.8 Å². The van der Waals surface area contributed by atoms with Crippen molar-refractivity contribution in [3.8, 4) is 11.5 Å². The molecule has 1 saturated carbocycles. The van der Waals surface area contributed by atoms with Crippen molar-refractivity contribution in [1.82, 2.24) is 10.3 Å². The molecular formula is C21H26N2O5S. The van der Waals surface area contributed by atoms with Crippen molar-refractivity contribution in [2.75, 3.05) is 14.2 Å². The summed E-state index contributed by atoms with van der Waals surface area (Å²) in [6.45, 7) is 2.47. The summed E-state index contributed by atoms with van der Waals surface area (Å²) in [6.07, 6.45) is 2.86. The van der Waals surface area contributed by atoms with Crippen molar-refractivity contribution in [1.29, 1.82) is 0 Å². The fourth-order valence-electron chi connectivity index (χ4n) is 3.51. The Morgan fingerprint density at radius 1 is 1.24 bits per heavy atom. The van der Waals surface area contributed by atoms with Crippen LogP contribution < -0.4 is 14.8 Å². The van der Waals surface area contributed by atoms with Crippen LogP contribution in [0, 0.1) is 5.92 Å². The zero-order chi connectivity index (χ0) is 20.9. The largest absolute Gasteiger partial charge is 0.493 e. The quantitative estimate of drug-likeness (QED) is 0.692. The molecule has 0 aliphatic heterocycles. The molecule has 3 rings (SSSR count). The lowest BCUT2D eigenvalue weighted by atomic mass is 9.77. The van der Waals surface area contributed by atoms with Gasteiger partial charge in [-0.1, -0.05) is 6.92 Å². The highest BCUT2D eigenvalue weighted by Crippen LogP contribution is 2.34. The summed E-state index contributed by atoms with van der Waals surface area (Å²) < 4.78 is 16.1. The van der Waals surface area contributed by atoms with E-state index in [0.29, 0.717) is 42.4 Å². The summed E-state index contributed by atoms with van der Waals surface area (Å²) in [7, 11) is 2.87. The predicted molar refractivity (Wildman–Crippen MR) is 109 cm³/mol. The van der Waals surface area contributed by atoms with Gasteiger partial charge in [0.25, 0.3) is 5.91 Å². The van der Waals surface area contributed by atoms with Crippen LogP contribution in [0.15, 0.2) is 29.1 Å². The Morgan fingerprint density at radius 2 is 2.00 bits per heavy atom. The van der Waals surface area contributed by atoms with Gasteiger partial charge in [0, 0.05) is 10.9 Å². The number of nitrogens with one attached hydrogen (secondary N) is 1. The smallest absolute Gasteiger partial charge is 0.331 e. The summed E-state index contributed by atoms with van der Waals surface area (Å²) in [6, 6.07) is 4.96. The first-order chi connectivity index (χ1) is 14.0. The highest BCUT2D eigenvalue weighted by molar-refractivity contribution is 7.07. The van der Waals surface area contributed by atoms with Gasteiger partial charge in [0.15, 0.2) is 11.5 Å². The van der Waals surface area contributed by atoms with Gasteiger partial charge in [0.05, 0.1) is 25.4 Å². The molecule has 156 valence electrons. The zero-order valence-electron chi connectivity index (χ0n) is 16.9. The first-order valence-corrected chi connectivity index (χ1v) is 10.5. The Bertz CT molecular complexity index is 845. The van der Waals surface area contributed by atoms with Crippen molar-refractivity contribution >= 4 is 23.2 Å². The number of carbonyl (C=O) groups is 2. The number of ether oxygens (including phenoxy) is 3. The van der Waals surface area contributed by atoms with Gasteiger partial charge in [-0.2, -0.15) is 0 Å². The molecule has 1 N–H and O–H groups in total. The molecule has 8 heteroatoms. The molecule has 1 aromatic carbocycles. The molecule has 1 aromatic heterocycles. The molecule has 29 heavy (non-hydrogen) atoms. The zero-order valence-corrected chi connectivity index (χ0v) is 17.7. The number of hydrogen-bond acceptors (Lipinski definition) is 7. The Morgan fingerprint density at radius 3 is 2.62 bits per heavy atom. The van der Waals surface area contributed by atoms with Gasteiger partial charge in [0.2, 0.25) is 0 Å². The summed E-state index contributed by atoms with van der Waals surface area (Å²) in [5.41, 5.74) is 1.98. The third-order valence-electron chi connectivity index (χ3n) is 5.34. The molecule has 1 aliphatic carbocycles. The summed E-state index contributed by atoms with van der Waals surface area (Å²) in [5, 5.41) is 4.83. The number of amides is 1. The van der Waals surface area contributed by atoms with Crippen molar-refractivity contribution < 1.29 is 23.8 Å². The Hall–Kier alpha value is -2.61. The minimum atomic E-state index is -0.981. The van der Waals surface area contributed by atoms with Crippen LogP contribution in [-0.2, 0) is 16.1 Å². The minimum absolute atomic E-state index is 0.315. The molecule has 0 atom stereocenters. The van der Waals surface area contributed by atoms with E-state index in [1.807, 2.05) is 5.38 Å². The first-order valence-electron chi connectivity index (χ1n) is 9.56. The van der Waals surface area contributed by atoms with Crippen LogP contribution in [0.1, 0.15) is 48.7 Å². The number of aromatic nitrogens is 1. The van der Waals surface area contributed by atoms with Crippen molar-refractivity contribution in [3.63, 3.8) is 0 Å². The van der Waals surface area contributed by atoms with E-state index >= 15 is 0 Å². The molecule has 0 radical (unpaired) electrons. The number of esters is 1. The Labute approximate surface area is 174 Å². The Balaban J connectivity index is 1.74. The molecule has 1 heterocycles. The fraction of sp³-hybridized carbons (Fsp3) is 0.476. The van der Waals surface area contributed by atoms with Crippen LogP contribution in [0.4, 0.5) is 0 Å². The number of hydrogen-bond donors (Lipinski definition) is 1. The van der Waals surface area contributed by atoms with Crippen LogP contribution in [0.5, 0.6) is 11.5 Å². The van der Waals surface area contributed by atoms with Crippen LogP contribution in [-0.4, -0.2) is 36.6 Å². The van der Waals surface area contributed by atoms with Crippen LogP contribution >= 0.6 is 11.3 Å². The van der Waals surface area contributed by atoms with Gasteiger partial charge < -0.3 is 19.5 Å². The molecule has 0 spiro atoms. The number of thiazole rings is 1. The minimum Gasteiger partial charge on any atom is -0.493 e. The first kappa shape index (κ1) is 21.1. The van der Waals surface area contributed by atoms with Gasteiger partial charge in [-0.25, -0.2) is 9.78 Å². The van der Waals surface area contributed by atoms with E-state index in [1.165, 1.54) is 25.6 Å². The van der Waals surface area contributed by atoms with Gasteiger partial charge in [-0.3, -0.25) is 4.79 Å². The average Bonchev–Trinajstić information content (AvgIpc) is 3.27. The second kappa shape index (κ2) is 9.26. The predicted octanol–water partition coefficient (Wildman–Crippen LogP) is 3.58. The number of nitrogens with zero attached hydrogens (tertiary/aromatic N) is 1. The second-order valence-electron chi connectivity index (χ2n) is 7.34. The average molecular weight is 419 g/mol. The standard InChI is InChI=1S/C21H26N2O5S/c1-14-6-8-21(9-7-14,20(25)27-3)23-19(24)15-4-5-17(18(10-15)26-2)28-11-16-12-29-13-22-16/h4-5,10,12-14H,6-9,11H2,1-3H3,(H,23,24). The highest BCUT2D eigenvalue weighted by Gasteiger charge is 2.43. The third-order valence-corrected chi connectivity index (χ3v) is 5.98. The summed E-state index contributed by atoms with van der Waals surface area (Å²) >= 11 is 1.50.